The van der Waals surface area contributed by atoms with E-state index in [2.05, 4.69) is 280 Å². The van der Waals surface area contributed by atoms with E-state index in [1.807, 2.05) is 44.8 Å². The Balaban J connectivity index is 0.000000363. The lowest BCUT2D eigenvalue weighted by atomic mass is 9.54. The molecular formula is C83H150S4Si5. The zero-order valence-corrected chi connectivity index (χ0v) is 72.5. The van der Waals surface area contributed by atoms with Crippen molar-refractivity contribution in [1.82, 2.24) is 0 Å². The third kappa shape index (κ3) is 27.1. The van der Waals surface area contributed by atoms with E-state index in [0.29, 0.717) is 37.5 Å². The third-order valence-corrected chi connectivity index (χ3v) is 52.9. The topological polar surface area (TPSA) is 0 Å². The minimum atomic E-state index is -1.56. The van der Waals surface area contributed by atoms with Gasteiger partial charge in [-0.15, -0.1) is 0 Å². The highest BCUT2D eigenvalue weighted by Gasteiger charge is 2.48. The largest absolute Gasteiger partial charge is 0.189 e. The maximum absolute atomic E-state index is 2.58. The van der Waals surface area contributed by atoms with Crippen molar-refractivity contribution in [2.24, 2.45) is 32.5 Å². The average molecular weight is 1420 g/mol. The zero-order valence-electron chi connectivity index (χ0n) is 64.3. The lowest BCUT2D eigenvalue weighted by Crippen LogP contribution is -2.52. The van der Waals surface area contributed by atoms with Gasteiger partial charge in [0.15, 0.2) is 7.22 Å². The summed E-state index contributed by atoms with van der Waals surface area (Å²) in [5, 5.41) is 4.89. The molecule has 0 spiro atoms. The lowest BCUT2D eigenvalue weighted by Gasteiger charge is -2.51. The quantitative estimate of drug-likeness (QED) is 0.130. The van der Waals surface area contributed by atoms with Crippen LogP contribution in [0, 0.1) is 32.5 Å². The highest BCUT2D eigenvalue weighted by Crippen LogP contribution is 2.60. The molecule has 0 bridgehead atoms. The van der Waals surface area contributed by atoms with Crippen LogP contribution >= 0.6 is 44.8 Å². The van der Waals surface area contributed by atoms with Gasteiger partial charge in [0, 0.05) is 0 Å². The Bertz CT molecular complexity index is 2420. The summed E-state index contributed by atoms with van der Waals surface area (Å²) in [6.07, 6.45) is 49.2. The van der Waals surface area contributed by atoms with Crippen molar-refractivity contribution in [2.75, 3.05) is 25.0 Å². The molecule has 526 valence electrons. The number of rotatable bonds is 12. The minimum Gasteiger partial charge on any atom is -0.189 e. The van der Waals surface area contributed by atoms with E-state index in [0.717, 1.165) is 0 Å². The van der Waals surface area contributed by atoms with Gasteiger partial charge >= 0.3 is 0 Å². The maximum atomic E-state index is 2.58. The first kappa shape index (κ1) is 87.5. The van der Waals surface area contributed by atoms with Crippen molar-refractivity contribution in [3.63, 3.8) is 0 Å². The first-order valence-corrected chi connectivity index (χ1v) is 60.6. The summed E-state index contributed by atoms with van der Waals surface area (Å²) < 4.78 is 0. The van der Waals surface area contributed by atoms with Crippen molar-refractivity contribution >= 4 is 97.4 Å². The van der Waals surface area contributed by atoms with E-state index in [1.54, 1.807) is 0 Å². The Morgan fingerprint density at radius 3 is 0.663 bits per heavy atom. The molecule has 4 aromatic rings. The van der Waals surface area contributed by atoms with Crippen molar-refractivity contribution in [2.45, 2.75) is 320 Å². The first-order valence-electron chi connectivity index (χ1n) is 36.8. The van der Waals surface area contributed by atoms with Crippen LogP contribution in [0.4, 0.5) is 0 Å². The van der Waals surface area contributed by atoms with E-state index in [-0.39, 0.29) is 7.43 Å². The molecule has 6 aliphatic carbocycles. The monoisotopic (exact) mass is 1410 g/mol. The normalized spacial score (nSPS) is 20.3. The van der Waals surface area contributed by atoms with Crippen LogP contribution in [0.25, 0.3) is 0 Å². The SMILES string of the molecule is C.CC(C)(c1ccccc1)[Si](C)(C)C.CC1(C2(C)CCCC2)CCCC1.CC1(C2(C)CCCC2)CCCCC1.CC1(C2(C)CCCCC2)CCCCC1.CS[Si](C)(C)C.CS[Si](C)(C)C.CS[Si](C)(C)c1ccccc1.CS[Si](C)(c1ccccc1)c1ccccc1. The molecule has 0 N–H and O–H groups in total. The van der Waals surface area contributed by atoms with Crippen LogP contribution in [0.5, 0.6) is 0 Å². The van der Waals surface area contributed by atoms with Gasteiger partial charge in [0.05, 0.1) is 8.07 Å². The Labute approximate surface area is 596 Å². The van der Waals surface area contributed by atoms with Gasteiger partial charge in [-0.25, -0.2) is 0 Å². The molecule has 0 nitrogen and oxygen atoms in total. The highest BCUT2D eigenvalue weighted by molar-refractivity contribution is 8.31. The number of hydrogen-bond acceptors (Lipinski definition) is 4. The van der Waals surface area contributed by atoms with E-state index in [9.17, 15) is 0 Å². The van der Waals surface area contributed by atoms with Crippen LogP contribution in [0.3, 0.4) is 0 Å². The Hall–Kier alpha value is -0.636. The van der Waals surface area contributed by atoms with Crippen molar-refractivity contribution < 1.29 is 0 Å². The molecular weight excluding hydrogens is 1270 g/mol. The van der Waals surface area contributed by atoms with Crippen LogP contribution in [0.1, 0.15) is 242 Å². The van der Waals surface area contributed by atoms with Gasteiger partial charge in [0.2, 0.25) is 0 Å². The molecule has 10 rings (SSSR count). The molecule has 0 radical (unpaired) electrons. The number of benzene rings is 4. The lowest BCUT2D eigenvalue weighted by molar-refractivity contribution is -0.00381. The Morgan fingerprint density at radius 2 is 0.478 bits per heavy atom. The fourth-order valence-corrected chi connectivity index (χ4v) is 23.3. The Morgan fingerprint density at radius 1 is 0.283 bits per heavy atom. The summed E-state index contributed by atoms with van der Waals surface area (Å²) in [4.78, 5) is 0. The molecule has 4 aromatic carbocycles. The van der Waals surface area contributed by atoms with Crippen LogP contribution in [0.15, 0.2) is 121 Å². The van der Waals surface area contributed by atoms with E-state index < -0.39 is 37.0 Å². The second-order valence-electron chi connectivity index (χ2n) is 34.6. The molecule has 0 amide bonds. The summed E-state index contributed by atoms with van der Waals surface area (Å²) in [5.41, 5.74) is 5.67. The highest BCUT2D eigenvalue weighted by atomic mass is 32.4. The summed E-state index contributed by atoms with van der Waals surface area (Å²) >= 11 is 8.08. The van der Waals surface area contributed by atoms with Gasteiger partial charge in [-0.3, -0.25) is 0 Å². The molecule has 0 unspecified atom stereocenters. The standard InChI is InChI=1S/C14H16SSi.C14H26.C13H24.C12H20Si.C12H22.C9H14SSi.2C4H12SSi.CH4/c1-15-16(2,13-9-5-3-6-10-13)14-11-7-4-8-12-14;1-13(9-5-3-6-10-13)14(2)11-7-4-8-12-14;1-12(8-4-3-5-9-12)13(2)10-6-7-11-13;1-12(2,13(3,4)5)11-9-7-6-8-10-11;1-11(7-3-4-8-11)12(2)9-5-6-10-12;1-10-11(2,3)9-7-5-4-6-8-9;2*1-5-6(2,3)4;/h3-12H,1-2H3;3-12H2,1-2H3;3-11H2,1-2H3;6-10H,1-5H3;3-10H2,1-2H3;4-8H,1-3H3;2*1-4H3;1H4. The second kappa shape index (κ2) is 40.0. The summed E-state index contributed by atoms with van der Waals surface area (Å²) in [5.74, 6) is 0. The Kier molecular flexibility index (Phi) is 38.0. The summed E-state index contributed by atoms with van der Waals surface area (Å²) in [6.45, 7) is 48.7. The third-order valence-electron chi connectivity index (χ3n) is 25.0. The molecule has 0 aliphatic heterocycles. The zero-order chi connectivity index (χ0) is 68.4. The van der Waals surface area contributed by atoms with Crippen LogP contribution in [-0.4, -0.2) is 62.0 Å². The van der Waals surface area contributed by atoms with Crippen LogP contribution < -0.4 is 15.6 Å². The predicted octanol–water partition coefficient (Wildman–Crippen LogP) is 27.7. The van der Waals surface area contributed by atoms with Gasteiger partial charge in [-0.1, -0.05) is 359 Å². The van der Waals surface area contributed by atoms with Gasteiger partial charge in [-0.2, -0.15) is 44.8 Å². The first-order chi connectivity index (χ1) is 42.4. The predicted molar refractivity (Wildman–Crippen MR) is 451 cm³/mol. The van der Waals surface area contributed by atoms with Crippen molar-refractivity contribution in [1.29, 1.82) is 0 Å². The summed E-state index contributed by atoms with van der Waals surface area (Å²) in [7, 11) is -5.25. The summed E-state index contributed by atoms with van der Waals surface area (Å²) in [6, 6.07) is 43.4. The van der Waals surface area contributed by atoms with Crippen LogP contribution in [0.2, 0.25) is 78.6 Å². The minimum absolute atomic E-state index is 0. The van der Waals surface area contributed by atoms with Gasteiger partial charge < -0.3 is 0 Å². The second-order valence-corrected chi connectivity index (χ2v) is 75.0. The van der Waals surface area contributed by atoms with E-state index in [1.165, 1.54) is 194 Å². The maximum Gasteiger partial charge on any atom is 0.174 e. The molecule has 9 heteroatoms. The molecule has 6 fully saturated rings. The van der Waals surface area contributed by atoms with E-state index >= 15 is 0 Å². The smallest absolute Gasteiger partial charge is 0.174 e. The fourth-order valence-electron chi connectivity index (χ4n) is 15.2. The number of hydrogen-bond donors (Lipinski definition) is 0. The fraction of sp³-hybridized carbons (Fsp3) is 0.711. The molecule has 6 saturated carbocycles. The van der Waals surface area contributed by atoms with Gasteiger partial charge in [-0.05, 0) is 161 Å². The molecule has 92 heavy (non-hydrogen) atoms. The van der Waals surface area contributed by atoms with Crippen molar-refractivity contribution in [3.8, 4) is 0 Å². The molecule has 0 atom stereocenters. The van der Waals surface area contributed by atoms with Crippen LogP contribution in [-0.2, 0) is 5.04 Å². The average Bonchev–Trinajstić information content (AvgIpc) is 1.68. The molecule has 0 heterocycles. The molecule has 0 saturated heterocycles. The molecule has 0 aromatic heterocycles. The van der Waals surface area contributed by atoms with Gasteiger partial charge in [0.25, 0.3) is 0 Å². The van der Waals surface area contributed by atoms with Crippen molar-refractivity contribution in [3.05, 3.63) is 127 Å². The van der Waals surface area contributed by atoms with Gasteiger partial charge in [0.1, 0.15) is 21.7 Å². The molecule has 6 aliphatic rings. The van der Waals surface area contributed by atoms with E-state index in [4.69, 9.17) is 0 Å².